The zero-order valence-corrected chi connectivity index (χ0v) is 18.6. The number of thiophene rings is 1. The van der Waals surface area contributed by atoms with Crippen LogP contribution >= 0.6 is 22.9 Å². The summed E-state index contributed by atoms with van der Waals surface area (Å²) in [6.45, 7) is 9.76. The van der Waals surface area contributed by atoms with Gasteiger partial charge in [-0.25, -0.2) is 9.97 Å². The molecule has 0 spiro atoms. The van der Waals surface area contributed by atoms with E-state index in [1.165, 1.54) is 22.2 Å². The Morgan fingerprint density at radius 1 is 1.29 bits per heavy atom. The van der Waals surface area contributed by atoms with Gasteiger partial charge in [0, 0.05) is 37.0 Å². The number of hydrogen-bond donors (Lipinski definition) is 0. The van der Waals surface area contributed by atoms with E-state index in [0.717, 1.165) is 54.7 Å². The van der Waals surface area contributed by atoms with Crippen molar-refractivity contribution in [3.63, 3.8) is 0 Å². The summed E-state index contributed by atoms with van der Waals surface area (Å²) in [5, 5.41) is 1.27. The number of rotatable bonds is 4. The van der Waals surface area contributed by atoms with Crippen molar-refractivity contribution in [2.75, 3.05) is 37.0 Å². The zero-order chi connectivity index (χ0) is 19.8. The van der Waals surface area contributed by atoms with E-state index >= 15 is 0 Å². The third-order valence-electron chi connectivity index (χ3n) is 6.25. The first-order valence-electron chi connectivity index (χ1n) is 10.4. The van der Waals surface area contributed by atoms with Gasteiger partial charge in [-0.1, -0.05) is 20.8 Å². The molecule has 0 aromatic carbocycles. The number of carbonyl (C=O) groups is 1. The Kier molecular flexibility index (Phi) is 5.79. The molecule has 152 valence electrons. The number of fused-ring (bicyclic) bond motifs is 3. The van der Waals surface area contributed by atoms with Crippen LogP contribution in [0.3, 0.4) is 0 Å². The number of nitrogens with zero attached hydrogens (tertiary/aromatic N) is 4. The maximum atomic E-state index is 11.9. The molecule has 4 rings (SSSR count). The second-order valence-electron chi connectivity index (χ2n) is 8.25. The molecule has 2 aromatic rings. The lowest BCUT2D eigenvalue weighted by atomic mass is 9.89. The fourth-order valence-corrected chi connectivity index (χ4v) is 5.78. The maximum absolute atomic E-state index is 11.9. The fourth-order valence-electron chi connectivity index (χ4n) is 4.22. The van der Waals surface area contributed by atoms with Crippen molar-refractivity contribution in [2.24, 2.45) is 5.92 Å². The number of hydrogen-bond acceptors (Lipinski definition) is 5. The van der Waals surface area contributed by atoms with Gasteiger partial charge in [-0.15, -0.1) is 22.9 Å². The second-order valence-corrected chi connectivity index (χ2v) is 9.60. The lowest BCUT2D eigenvalue weighted by Crippen LogP contribution is -2.49. The van der Waals surface area contributed by atoms with E-state index in [4.69, 9.17) is 21.6 Å². The molecule has 5 nitrogen and oxygen atoms in total. The average molecular weight is 421 g/mol. The molecule has 0 radical (unpaired) electrons. The van der Waals surface area contributed by atoms with Crippen molar-refractivity contribution in [2.45, 2.75) is 52.4 Å². The number of alkyl halides is 1. The highest BCUT2D eigenvalue weighted by molar-refractivity contribution is 7.19. The maximum Gasteiger partial charge on any atom is 0.237 e. The highest BCUT2D eigenvalue weighted by Crippen LogP contribution is 2.41. The molecular formula is C21H29ClN4OS. The molecule has 2 aromatic heterocycles. The Hall–Kier alpha value is -1.40. The van der Waals surface area contributed by atoms with Gasteiger partial charge < -0.3 is 9.80 Å². The number of piperazine rings is 1. The third-order valence-corrected chi connectivity index (χ3v) is 7.63. The number of halogens is 1. The Morgan fingerprint density at radius 3 is 2.71 bits per heavy atom. The van der Waals surface area contributed by atoms with E-state index in [9.17, 15) is 4.79 Å². The minimum Gasteiger partial charge on any atom is -0.352 e. The Labute approximate surface area is 176 Å². The quantitative estimate of drug-likeness (QED) is 0.695. The first-order chi connectivity index (χ1) is 13.5. The Morgan fingerprint density at radius 2 is 2.04 bits per heavy atom. The molecule has 7 heteroatoms. The summed E-state index contributed by atoms with van der Waals surface area (Å²) in [5.74, 6) is 3.22. The predicted octanol–water partition coefficient (Wildman–Crippen LogP) is 4.22. The molecular weight excluding hydrogens is 392 g/mol. The summed E-state index contributed by atoms with van der Waals surface area (Å²) in [6, 6.07) is 0. The van der Waals surface area contributed by atoms with Gasteiger partial charge in [-0.05, 0) is 37.2 Å². The molecule has 1 amide bonds. The van der Waals surface area contributed by atoms with Gasteiger partial charge in [0.25, 0.3) is 0 Å². The van der Waals surface area contributed by atoms with E-state index in [-0.39, 0.29) is 11.8 Å². The van der Waals surface area contributed by atoms with Crippen molar-refractivity contribution in [1.82, 2.24) is 14.9 Å². The summed E-state index contributed by atoms with van der Waals surface area (Å²) in [7, 11) is 0. The Bertz CT molecular complexity index is 875. The normalized spacial score (nSPS) is 21.1. The van der Waals surface area contributed by atoms with Gasteiger partial charge in [0.1, 0.15) is 22.4 Å². The zero-order valence-electron chi connectivity index (χ0n) is 17.0. The largest absolute Gasteiger partial charge is 0.352 e. The summed E-state index contributed by atoms with van der Waals surface area (Å²) in [5.41, 5.74) is 1.48. The molecule has 0 N–H and O–H groups in total. The Balaban J connectivity index is 1.74. The molecule has 0 bridgehead atoms. The van der Waals surface area contributed by atoms with Crippen molar-refractivity contribution in [3.8, 4) is 0 Å². The van der Waals surface area contributed by atoms with Gasteiger partial charge >= 0.3 is 0 Å². The van der Waals surface area contributed by atoms with Crippen LogP contribution in [0.1, 0.15) is 55.8 Å². The van der Waals surface area contributed by atoms with Crippen LogP contribution in [0.15, 0.2) is 0 Å². The van der Waals surface area contributed by atoms with Crippen LogP contribution in [-0.2, 0) is 17.6 Å². The number of aromatic nitrogens is 2. The SMILES string of the molecule is CC[C@H](C)c1nc(N2CCN(C(=O)CCl)CC2)c2c3c(sc2n1)C[C@@H](C)CC3. The molecule has 1 fully saturated rings. The second kappa shape index (κ2) is 8.15. The van der Waals surface area contributed by atoms with Gasteiger partial charge in [0.05, 0.1) is 5.39 Å². The molecule has 1 aliphatic heterocycles. The molecule has 1 saturated heterocycles. The first kappa shape index (κ1) is 19.9. The number of carbonyl (C=O) groups excluding carboxylic acids is 1. The van der Waals surface area contributed by atoms with Crippen molar-refractivity contribution >= 4 is 44.9 Å². The monoisotopic (exact) mass is 420 g/mol. The average Bonchev–Trinajstić information content (AvgIpc) is 3.09. The van der Waals surface area contributed by atoms with E-state index in [2.05, 4.69) is 25.7 Å². The minimum absolute atomic E-state index is 0.0244. The van der Waals surface area contributed by atoms with Crippen LogP contribution in [0.25, 0.3) is 10.2 Å². The summed E-state index contributed by atoms with van der Waals surface area (Å²) in [4.78, 5) is 28.9. The van der Waals surface area contributed by atoms with Crippen LogP contribution in [0, 0.1) is 5.92 Å². The van der Waals surface area contributed by atoms with Crippen molar-refractivity contribution in [1.29, 1.82) is 0 Å². The highest BCUT2D eigenvalue weighted by atomic mass is 35.5. The predicted molar refractivity (Wildman–Crippen MR) is 117 cm³/mol. The number of amides is 1. The third kappa shape index (κ3) is 3.61. The van der Waals surface area contributed by atoms with Crippen LogP contribution in [0.2, 0.25) is 0 Å². The van der Waals surface area contributed by atoms with Crippen molar-refractivity contribution in [3.05, 3.63) is 16.3 Å². The highest BCUT2D eigenvalue weighted by Gasteiger charge is 2.28. The fraction of sp³-hybridized carbons (Fsp3) is 0.667. The van der Waals surface area contributed by atoms with Gasteiger partial charge in [-0.2, -0.15) is 0 Å². The van der Waals surface area contributed by atoms with Crippen LogP contribution in [0.5, 0.6) is 0 Å². The lowest BCUT2D eigenvalue weighted by Gasteiger charge is -2.36. The van der Waals surface area contributed by atoms with Crippen LogP contribution < -0.4 is 4.90 Å². The van der Waals surface area contributed by atoms with Crippen LogP contribution in [0.4, 0.5) is 5.82 Å². The summed E-state index contributed by atoms with van der Waals surface area (Å²) >= 11 is 7.61. The summed E-state index contributed by atoms with van der Waals surface area (Å²) < 4.78 is 0. The van der Waals surface area contributed by atoms with E-state index in [1.54, 1.807) is 0 Å². The standard InChI is InChI=1S/C21H29ClN4OS/c1-4-14(3)19-23-20(26-9-7-25(8-10-26)17(27)12-22)18-15-6-5-13(2)11-16(15)28-21(18)24-19/h13-14H,4-12H2,1-3H3/t13-,14-/m0/s1. The van der Waals surface area contributed by atoms with Crippen molar-refractivity contribution < 1.29 is 4.79 Å². The van der Waals surface area contributed by atoms with E-state index in [1.807, 2.05) is 16.2 Å². The number of aryl methyl sites for hydroxylation is 1. The molecule has 2 atom stereocenters. The minimum atomic E-state index is 0.0244. The number of anilines is 1. The summed E-state index contributed by atoms with van der Waals surface area (Å²) in [6.07, 6.45) is 4.56. The molecule has 1 aliphatic carbocycles. The molecule has 28 heavy (non-hydrogen) atoms. The molecule has 2 aliphatic rings. The molecule has 0 saturated carbocycles. The van der Waals surface area contributed by atoms with Gasteiger partial charge in [0.15, 0.2) is 0 Å². The first-order valence-corrected chi connectivity index (χ1v) is 11.8. The molecule has 3 heterocycles. The topological polar surface area (TPSA) is 49.3 Å². The van der Waals surface area contributed by atoms with E-state index in [0.29, 0.717) is 19.0 Å². The molecule has 0 unspecified atom stereocenters. The lowest BCUT2D eigenvalue weighted by molar-refractivity contribution is -0.128. The smallest absolute Gasteiger partial charge is 0.237 e. The van der Waals surface area contributed by atoms with Crippen LogP contribution in [-0.4, -0.2) is 52.8 Å². The van der Waals surface area contributed by atoms with Gasteiger partial charge in [-0.3, -0.25) is 4.79 Å². The van der Waals surface area contributed by atoms with Gasteiger partial charge in [0.2, 0.25) is 5.91 Å². The van der Waals surface area contributed by atoms with E-state index < -0.39 is 0 Å².